The zero-order valence-electron chi connectivity index (χ0n) is 10.1. The largest absolute Gasteiger partial charge is 0.376 e. The summed E-state index contributed by atoms with van der Waals surface area (Å²) in [7, 11) is 0. The highest BCUT2D eigenvalue weighted by Gasteiger charge is 1.98. The first-order chi connectivity index (χ1) is 7.83. The van der Waals surface area contributed by atoms with Gasteiger partial charge in [0.1, 0.15) is 0 Å². The van der Waals surface area contributed by atoms with Gasteiger partial charge < -0.3 is 10.5 Å². The summed E-state index contributed by atoms with van der Waals surface area (Å²) < 4.78 is 5.55. The van der Waals surface area contributed by atoms with Gasteiger partial charge in [-0.1, -0.05) is 50.4 Å². The molecule has 0 radical (unpaired) electrons. The maximum absolute atomic E-state index is 5.55. The number of anilines is 1. The predicted octanol–water partition coefficient (Wildman–Crippen LogP) is 3.60. The van der Waals surface area contributed by atoms with E-state index in [0.717, 1.165) is 17.9 Å². The summed E-state index contributed by atoms with van der Waals surface area (Å²) in [6.45, 7) is 3.75. The molecular formula is C12H22N2OS. The number of nitrogen functional groups attached to an aromatic ring is 1. The van der Waals surface area contributed by atoms with Crippen molar-refractivity contribution in [1.82, 2.24) is 4.98 Å². The first-order valence-corrected chi connectivity index (χ1v) is 6.92. The van der Waals surface area contributed by atoms with Gasteiger partial charge in [0.2, 0.25) is 0 Å². The van der Waals surface area contributed by atoms with Crippen LogP contribution >= 0.6 is 11.3 Å². The van der Waals surface area contributed by atoms with E-state index in [2.05, 4.69) is 11.9 Å². The third-order valence-corrected chi connectivity index (χ3v) is 3.26. The lowest BCUT2D eigenvalue weighted by Gasteiger charge is -2.02. The van der Waals surface area contributed by atoms with E-state index in [4.69, 9.17) is 10.5 Å². The summed E-state index contributed by atoms with van der Waals surface area (Å²) in [6, 6.07) is 0. The molecule has 1 rings (SSSR count). The van der Waals surface area contributed by atoms with Crippen LogP contribution in [0.2, 0.25) is 0 Å². The van der Waals surface area contributed by atoms with Crippen LogP contribution in [0.25, 0.3) is 0 Å². The van der Waals surface area contributed by atoms with Gasteiger partial charge in [0.25, 0.3) is 0 Å². The van der Waals surface area contributed by atoms with Gasteiger partial charge in [-0.25, -0.2) is 4.98 Å². The SMILES string of the molecule is CCCCCCCCOCc1cnc(N)s1. The monoisotopic (exact) mass is 242 g/mol. The fourth-order valence-corrected chi connectivity index (χ4v) is 2.17. The zero-order valence-corrected chi connectivity index (χ0v) is 10.9. The second kappa shape index (κ2) is 8.53. The minimum atomic E-state index is 0.623. The van der Waals surface area contributed by atoms with E-state index in [9.17, 15) is 0 Å². The third-order valence-electron chi connectivity index (χ3n) is 2.46. The maximum atomic E-state index is 5.55. The molecule has 0 aliphatic heterocycles. The molecule has 0 aliphatic carbocycles. The fourth-order valence-electron chi connectivity index (χ4n) is 1.55. The fraction of sp³-hybridized carbons (Fsp3) is 0.750. The molecule has 3 nitrogen and oxygen atoms in total. The molecule has 1 aromatic rings. The molecule has 0 bridgehead atoms. The van der Waals surface area contributed by atoms with Crippen LogP contribution in [0.15, 0.2) is 6.20 Å². The van der Waals surface area contributed by atoms with Crippen molar-refractivity contribution in [1.29, 1.82) is 0 Å². The molecule has 92 valence electrons. The highest BCUT2D eigenvalue weighted by molar-refractivity contribution is 7.15. The van der Waals surface area contributed by atoms with Gasteiger partial charge in [-0.3, -0.25) is 0 Å². The Kier molecular flexibility index (Phi) is 7.17. The lowest BCUT2D eigenvalue weighted by atomic mass is 10.1. The molecule has 0 spiro atoms. The number of nitrogens with two attached hydrogens (primary N) is 1. The Labute approximate surface area is 102 Å². The lowest BCUT2D eigenvalue weighted by Crippen LogP contribution is -1.93. The van der Waals surface area contributed by atoms with E-state index < -0.39 is 0 Å². The number of thiazole rings is 1. The van der Waals surface area contributed by atoms with Gasteiger partial charge in [0.05, 0.1) is 11.5 Å². The molecule has 0 fully saturated rings. The third kappa shape index (κ3) is 6.08. The molecule has 1 heterocycles. The van der Waals surface area contributed by atoms with Crippen molar-refractivity contribution in [3.05, 3.63) is 11.1 Å². The smallest absolute Gasteiger partial charge is 0.180 e. The van der Waals surface area contributed by atoms with Gasteiger partial charge in [0.15, 0.2) is 5.13 Å². The average Bonchev–Trinajstić information content (AvgIpc) is 2.68. The lowest BCUT2D eigenvalue weighted by molar-refractivity contribution is 0.118. The minimum absolute atomic E-state index is 0.623. The van der Waals surface area contributed by atoms with Crippen molar-refractivity contribution >= 4 is 16.5 Å². The van der Waals surface area contributed by atoms with Crippen molar-refractivity contribution in [3.8, 4) is 0 Å². The molecule has 0 saturated heterocycles. The Bertz CT molecular complexity index is 276. The first-order valence-electron chi connectivity index (χ1n) is 6.11. The molecule has 1 aromatic heterocycles. The first kappa shape index (κ1) is 13.5. The highest BCUT2D eigenvalue weighted by Crippen LogP contribution is 2.15. The van der Waals surface area contributed by atoms with Crippen molar-refractivity contribution in [2.75, 3.05) is 12.3 Å². The molecule has 0 unspecified atom stereocenters. The van der Waals surface area contributed by atoms with Crippen LogP contribution in [0.5, 0.6) is 0 Å². The van der Waals surface area contributed by atoms with E-state index in [1.165, 1.54) is 43.4 Å². The Morgan fingerprint density at radius 1 is 1.25 bits per heavy atom. The van der Waals surface area contributed by atoms with Gasteiger partial charge in [-0.2, -0.15) is 0 Å². The van der Waals surface area contributed by atoms with Crippen molar-refractivity contribution in [2.24, 2.45) is 0 Å². The molecule has 4 heteroatoms. The molecule has 0 aliphatic rings. The van der Waals surface area contributed by atoms with E-state index >= 15 is 0 Å². The van der Waals surface area contributed by atoms with Gasteiger partial charge >= 0.3 is 0 Å². The van der Waals surface area contributed by atoms with Crippen LogP contribution < -0.4 is 5.73 Å². The number of aromatic nitrogens is 1. The molecular weight excluding hydrogens is 220 g/mol. The Balaban J connectivity index is 1.88. The Hall–Kier alpha value is -0.610. The number of nitrogens with zero attached hydrogens (tertiary/aromatic N) is 1. The van der Waals surface area contributed by atoms with Crippen molar-refractivity contribution in [2.45, 2.75) is 52.1 Å². The summed E-state index contributed by atoms with van der Waals surface area (Å²) in [5.74, 6) is 0. The number of rotatable bonds is 9. The van der Waals surface area contributed by atoms with E-state index in [-0.39, 0.29) is 0 Å². The number of unbranched alkanes of at least 4 members (excludes halogenated alkanes) is 5. The minimum Gasteiger partial charge on any atom is -0.376 e. The average molecular weight is 242 g/mol. The molecule has 2 N–H and O–H groups in total. The molecule has 16 heavy (non-hydrogen) atoms. The topological polar surface area (TPSA) is 48.1 Å². The molecule has 0 aromatic carbocycles. The second-order valence-corrected chi connectivity index (χ2v) is 5.13. The van der Waals surface area contributed by atoms with E-state index in [1.54, 1.807) is 6.20 Å². The second-order valence-electron chi connectivity index (χ2n) is 3.99. The maximum Gasteiger partial charge on any atom is 0.180 e. The quantitative estimate of drug-likeness (QED) is 0.673. The zero-order chi connectivity index (χ0) is 11.6. The summed E-state index contributed by atoms with van der Waals surface area (Å²) >= 11 is 1.50. The standard InChI is InChI=1S/C12H22N2OS/c1-2-3-4-5-6-7-8-15-10-11-9-14-12(13)16-11/h9H,2-8,10H2,1H3,(H2,13,14). The van der Waals surface area contributed by atoms with Crippen LogP contribution in [0.1, 0.15) is 50.3 Å². The Morgan fingerprint density at radius 3 is 2.69 bits per heavy atom. The van der Waals surface area contributed by atoms with Crippen LogP contribution in [0, 0.1) is 0 Å². The summed E-state index contributed by atoms with van der Waals surface area (Å²) in [5.41, 5.74) is 5.53. The molecule has 0 amide bonds. The highest BCUT2D eigenvalue weighted by atomic mass is 32.1. The normalized spacial score (nSPS) is 10.8. The van der Waals surface area contributed by atoms with Crippen LogP contribution in [-0.4, -0.2) is 11.6 Å². The summed E-state index contributed by atoms with van der Waals surface area (Å²) in [6.07, 6.45) is 9.61. The Morgan fingerprint density at radius 2 is 2.00 bits per heavy atom. The summed E-state index contributed by atoms with van der Waals surface area (Å²) in [5, 5.41) is 0.623. The summed E-state index contributed by atoms with van der Waals surface area (Å²) in [4.78, 5) is 5.10. The van der Waals surface area contributed by atoms with Crippen LogP contribution in [-0.2, 0) is 11.3 Å². The number of ether oxygens (including phenoxy) is 1. The number of hydrogen-bond donors (Lipinski definition) is 1. The molecule has 0 atom stereocenters. The van der Waals surface area contributed by atoms with Gasteiger partial charge in [-0.05, 0) is 6.42 Å². The van der Waals surface area contributed by atoms with E-state index in [0.29, 0.717) is 11.7 Å². The van der Waals surface area contributed by atoms with Crippen molar-refractivity contribution < 1.29 is 4.74 Å². The van der Waals surface area contributed by atoms with Gasteiger partial charge in [0, 0.05) is 12.8 Å². The predicted molar refractivity (Wildman–Crippen MR) is 69.6 cm³/mol. The van der Waals surface area contributed by atoms with Crippen LogP contribution in [0.3, 0.4) is 0 Å². The number of hydrogen-bond acceptors (Lipinski definition) is 4. The van der Waals surface area contributed by atoms with Gasteiger partial charge in [-0.15, -0.1) is 0 Å². The van der Waals surface area contributed by atoms with Crippen LogP contribution in [0.4, 0.5) is 5.13 Å². The molecule has 0 saturated carbocycles. The van der Waals surface area contributed by atoms with Crippen molar-refractivity contribution in [3.63, 3.8) is 0 Å². The van der Waals surface area contributed by atoms with E-state index in [1.807, 2.05) is 0 Å².